The summed E-state index contributed by atoms with van der Waals surface area (Å²) in [7, 11) is 2.07. The zero-order valence-corrected chi connectivity index (χ0v) is 13.4. The number of likely N-dealkylation sites (N-methyl/N-ethyl adjacent to an activating group) is 1. The topological polar surface area (TPSA) is 47.5 Å². The van der Waals surface area contributed by atoms with E-state index < -0.39 is 0 Å². The molecule has 0 amide bonds. The summed E-state index contributed by atoms with van der Waals surface area (Å²) in [4.78, 5) is 10.7. The van der Waals surface area contributed by atoms with E-state index in [2.05, 4.69) is 28.8 Å². The molecule has 0 saturated carbocycles. The summed E-state index contributed by atoms with van der Waals surface area (Å²) in [5, 5.41) is 0.697. The van der Waals surface area contributed by atoms with Crippen molar-refractivity contribution in [3.05, 3.63) is 47.0 Å². The Bertz CT molecular complexity index is 651. The quantitative estimate of drug-likeness (QED) is 0.848. The minimum Gasteiger partial charge on any atom is -0.454 e. The van der Waals surface area contributed by atoms with Crippen LogP contribution in [-0.2, 0) is 13.0 Å². The Morgan fingerprint density at radius 3 is 2.77 bits per heavy atom. The first-order chi connectivity index (χ1) is 10.6. The normalized spacial score (nSPS) is 14.4. The molecule has 1 aromatic carbocycles. The zero-order valence-electron chi connectivity index (χ0n) is 12.6. The minimum absolute atomic E-state index is 0.258. The first-order valence-corrected chi connectivity index (χ1v) is 7.54. The van der Waals surface area contributed by atoms with Crippen LogP contribution in [0.4, 0.5) is 0 Å². The molecular formula is C16H18ClN3O2. The van der Waals surface area contributed by atoms with Crippen LogP contribution in [0.1, 0.15) is 18.2 Å². The van der Waals surface area contributed by atoms with Gasteiger partial charge >= 0.3 is 0 Å². The number of fused-ring (bicyclic) bond motifs is 1. The van der Waals surface area contributed by atoms with Gasteiger partial charge in [-0.2, -0.15) is 0 Å². The zero-order chi connectivity index (χ0) is 15.5. The van der Waals surface area contributed by atoms with Gasteiger partial charge in [-0.1, -0.05) is 11.6 Å². The van der Waals surface area contributed by atoms with Crippen molar-refractivity contribution in [2.45, 2.75) is 25.9 Å². The van der Waals surface area contributed by atoms with E-state index in [1.807, 2.05) is 12.1 Å². The lowest BCUT2D eigenvalue weighted by Crippen LogP contribution is -2.30. The van der Waals surface area contributed by atoms with Crippen molar-refractivity contribution < 1.29 is 9.47 Å². The molecule has 1 aliphatic heterocycles. The van der Waals surface area contributed by atoms with Gasteiger partial charge in [-0.15, -0.1) is 0 Å². The fourth-order valence-electron chi connectivity index (χ4n) is 2.40. The van der Waals surface area contributed by atoms with Crippen LogP contribution in [0.2, 0.25) is 5.02 Å². The number of aromatic nitrogens is 2. The van der Waals surface area contributed by atoms with Crippen molar-refractivity contribution >= 4 is 11.6 Å². The Labute approximate surface area is 134 Å². The van der Waals surface area contributed by atoms with Gasteiger partial charge in [-0.05, 0) is 25.6 Å². The van der Waals surface area contributed by atoms with Crippen LogP contribution in [0.5, 0.6) is 11.5 Å². The van der Waals surface area contributed by atoms with Crippen LogP contribution in [0.25, 0.3) is 0 Å². The monoisotopic (exact) mass is 319 g/mol. The number of rotatable bonds is 5. The van der Waals surface area contributed by atoms with E-state index in [-0.39, 0.29) is 6.79 Å². The van der Waals surface area contributed by atoms with E-state index in [1.54, 1.807) is 18.6 Å². The highest BCUT2D eigenvalue weighted by atomic mass is 35.5. The summed E-state index contributed by atoms with van der Waals surface area (Å²) in [5.41, 5.74) is 2.01. The molecule has 0 fully saturated rings. The molecule has 3 rings (SSSR count). The summed E-state index contributed by atoms with van der Waals surface area (Å²) < 4.78 is 10.7. The van der Waals surface area contributed by atoms with Gasteiger partial charge in [0.15, 0.2) is 11.5 Å². The Hall–Kier alpha value is -1.85. The summed E-state index contributed by atoms with van der Waals surface area (Å²) in [6.45, 7) is 3.15. The third-order valence-electron chi connectivity index (χ3n) is 3.84. The maximum atomic E-state index is 6.33. The van der Waals surface area contributed by atoms with Crippen LogP contribution in [0, 0.1) is 0 Å². The van der Waals surface area contributed by atoms with E-state index in [0.29, 0.717) is 16.8 Å². The van der Waals surface area contributed by atoms with Crippen molar-refractivity contribution in [1.29, 1.82) is 0 Å². The number of hydrogen-bond acceptors (Lipinski definition) is 5. The van der Waals surface area contributed by atoms with Crippen LogP contribution in [0.3, 0.4) is 0 Å². The first kappa shape index (κ1) is 15.1. The maximum Gasteiger partial charge on any atom is 0.231 e. The molecule has 1 aromatic heterocycles. The molecule has 22 heavy (non-hydrogen) atoms. The van der Waals surface area contributed by atoms with Gasteiger partial charge in [0.05, 0.1) is 5.69 Å². The minimum atomic E-state index is 0.258. The second-order valence-corrected chi connectivity index (χ2v) is 5.87. The van der Waals surface area contributed by atoms with Gasteiger partial charge in [0.1, 0.15) is 0 Å². The van der Waals surface area contributed by atoms with Gasteiger partial charge in [0.2, 0.25) is 6.79 Å². The predicted molar refractivity (Wildman–Crippen MR) is 84.2 cm³/mol. The third-order valence-corrected chi connectivity index (χ3v) is 4.19. The first-order valence-electron chi connectivity index (χ1n) is 7.16. The number of hydrogen-bond donors (Lipinski definition) is 0. The lowest BCUT2D eigenvalue weighted by Gasteiger charge is -2.25. The predicted octanol–water partition coefficient (Wildman–Crippen LogP) is 2.92. The van der Waals surface area contributed by atoms with Crippen molar-refractivity contribution in [2.24, 2.45) is 0 Å². The second-order valence-electron chi connectivity index (χ2n) is 5.46. The van der Waals surface area contributed by atoms with Crippen LogP contribution >= 0.6 is 11.6 Å². The fraction of sp³-hybridized carbons (Fsp3) is 0.375. The summed E-state index contributed by atoms with van der Waals surface area (Å²) in [6.07, 6.45) is 6.05. The summed E-state index contributed by atoms with van der Waals surface area (Å²) in [5.74, 6) is 1.47. The molecule has 1 atom stereocenters. The van der Waals surface area contributed by atoms with E-state index in [0.717, 1.165) is 30.0 Å². The highest BCUT2D eigenvalue weighted by Crippen LogP contribution is 2.37. The SMILES string of the molecule is CC(Cc1cnccn1)N(C)Cc1cc2c(cc1Cl)OCO2. The Kier molecular flexibility index (Phi) is 4.45. The van der Waals surface area contributed by atoms with Crippen LogP contribution in [0.15, 0.2) is 30.7 Å². The van der Waals surface area contributed by atoms with Crippen molar-refractivity contribution in [1.82, 2.24) is 14.9 Å². The molecule has 0 N–H and O–H groups in total. The van der Waals surface area contributed by atoms with Gasteiger partial charge in [0.25, 0.3) is 0 Å². The molecule has 0 radical (unpaired) electrons. The van der Waals surface area contributed by atoms with Crippen molar-refractivity contribution in [2.75, 3.05) is 13.8 Å². The molecule has 1 unspecified atom stereocenters. The average Bonchev–Trinajstić information content (AvgIpc) is 2.95. The molecule has 0 spiro atoms. The molecule has 2 aromatic rings. The Morgan fingerprint density at radius 2 is 2.05 bits per heavy atom. The summed E-state index contributed by atoms with van der Waals surface area (Å²) >= 11 is 6.33. The lowest BCUT2D eigenvalue weighted by atomic mass is 10.1. The second kappa shape index (κ2) is 6.50. The molecule has 0 bridgehead atoms. The lowest BCUT2D eigenvalue weighted by molar-refractivity contribution is 0.174. The summed E-state index contributed by atoms with van der Waals surface area (Å²) in [6, 6.07) is 4.09. The molecule has 116 valence electrons. The molecule has 2 heterocycles. The average molecular weight is 320 g/mol. The number of halogens is 1. The van der Waals surface area contributed by atoms with Gasteiger partial charge in [0, 0.05) is 48.7 Å². The van der Waals surface area contributed by atoms with Gasteiger partial charge < -0.3 is 9.47 Å². The van der Waals surface area contributed by atoms with E-state index in [9.17, 15) is 0 Å². The molecular weight excluding hydrogens is 302 g/mol. The van der Waals surface area contributed by atoms with E-state index in [1.165, 1.54) is 0 Å². The number of ether oxygens (including phenoxy) is 2. The third kappa shape index (κ3) is 3.31. The largest absolute Gasteiger partial charge is 0.454 e. The Morgan fingerprint density at radius 1 is 1.27 bits per heavy atom. The Balaban J connectivity index is 1.67. The van der Waals surface area contributed by atoms with Crippen LogP contribution in [-0.4, -0.2) is 34.8 Å². The van der Waals surface area contributed by atoms with Gasteiger partial charge in [-0.25, -0.2) is 0 Å². The van der Waals surface area contributed by atoms with Gasteiger partial charge in [-0.3, -0.25) is 14.9 Å². The fourth-order valence-corrected chi connectivity index (χ4v) is 2.61. The highest BCUT2D eigenvalue weighted by Gasteiger charge is 2.19. The molecule has 0 saturated heterocycles. The number of benzene rings is 1. The van der Waals surface area contributed by atoms with Crippen molar-refractivity contribution in [3.8, 4) is 11.5 Å². The number of nitrogens with zero attached hydrogens (tertiary/aromatic N) is 3. The molecule has 1 aliphatic rings. The molecule has 6 heteroatoms. The smallest absolute Gasteiger partial charge is 0.231 e. The highest BCUT2D eigenvalue weighted by molar-refractivity contribution is 6.31. The standard InChI is InChI=1S/C16H18ClN3O2/c1-11(5-13-8-18-3-4-19-13)20(2)9-12-6-15-16(7-14(12)17)22-10-21-15/h3-4,6-8,11H,5,9-10H2,1-2H3. The van der Waals surface area contributed by atoms with Crippen molar-refractivity contribution in [3.63, 3.8) is 0 Å². The van der Waals surface area contributed by atoms with E-state index >= 15 is 0 Å². The maximum absolute atomic E-state index is 6.33. The molecule has 0 aliphatic carbocycles. The van der Waals surface area contributed by atoms with Crippen LogP contribution < -0.4 is 9.47 Å². The van der Waals surface area contributed by atoms with E-state index in [4.69, 9.17) is 21.1 Å². The molecule has 5 nitrogen and oxygen atoms in total.